The Morgan fingerprint density at radius 3 is 1.68 bits per heavy atom. The van der Waals surface area contributed by atoms with Gasteiger partial charge in [0.25, 0.3) is 0 Å². The molecule has 0 N–H and O–H groups in total. The molecule has 1 heterocycles. The van der Waals surface area contributed by atoms with Crippen molar-refractivity contribution >= 4 is 0 Å². The van der Waals surface area contributed by atoms with Crippen molar-refractivity contribution in [3.8, 4) is 0 Å². The molecule has 2 nitrogen and oxygen atoms in total. The summed E-state index contributed by atoms with van der Waals surface area (Å²) in [6.45, 7) is 21.4. The Morgan fingerprint density at radius 2 is 1.37 bits per heavy atom. The molecule has 112 valence electrons. The Hall–Kier alpha value is -0.0800. The Kier molecular flexibility index (Phi) is 3.03. The maximum absolute atomic E-state index is 5.50. The van der Waals surface area contributed by atoms with Gasteiger partial charge in [0.15, 0.2) is 0 Å². The van der Waals surface area contributed by atoms with Crippen molar-refractivity contribution < 1.29 is 9.78 Å². The molecular formula is C17H32O2. The first-order chi connectivity index (χ1) is 8.30. The van der Waals surface area contributed by atoms with Crippen molar-refractivity contribution in [3.63, 3.8) is 0 Å². The molecule has 2 fully saturated rings. The van der Waals surface area contributed by atoms with Gasteiger partial charge < -0.3 is 0 Å². The second kappa shape index (κ2) is 3.76. The highest BCUT2D eigenvalue weighted by molar-refractivity contribution is 5.14. The fourth-order valence-corrected chi connectivity index (χ4v) is 4.87. The Morgan fingerprint density at radius 1 is 0.895 bits per heavy atom. The van der Waals surface area contributed by atoms with Crippen LogP contribution >= 0.6 is 0 Å². The molecule has 2 atom stereocenters. The van der Waals surface area contributed by atoms with E-state index in [0.29, 0.717) is 11.3 Å². The summed E-state index contributed by atoms with van der Waals surface area (Å²) in [5, 5.41) is 0. The molecule has 1 spiro atoms. The SMILES string of the molecule is CC(C)(C)C1CCC2(OO2)C(C)(C)C1(C)C(C)(C)C. The van der Waals surface area contributed by atoms with Crippen LogP contribution in [0.15, 0.2) is 0 Å². The minimum Gasteiger partial charge on any atom is -0.194 e. The van der Waals surface area contributed by atoms with Gasteiger partial charge in [0.1, 0.15) is 0 Å². The zero-order chi connectivity index (χ0) is 14.9. The highest BCUT2D eigenvalue weighted by Crippen LogP contribution is 2.72. The topological polar surface area (TPSA) is 25.1 Å². The molecule has 0 bridgehead atoms. The first kappa shape index (κ1) is 15.3. The third kappa shape index (κ3) is 1.82. The first-order valence-corrected chi connectivity index (χ1v) is 7.66. The summed E-state index contributed by atoms with van der Waals surface area (Å²) in [6.07, 6.45) is 2.20. The standard InChI is InChI=1S/C17H32O2/c1-13(2,3)12-10-11-17(18-19-17)15(7,8)16(12,9)14(4,5)6/h12H,10-11H2,1-9H3. The van der Waals surface area contributed by atoms with Crippen LogP contribution in [0.1, 0.15) is 75.2 Å². The van der Waals surface area contributed by atoms with Gasteiger partial charge in [-0.1, -0.05) is 62.3 Å². The monoisotopic (exact) mass is 268 g/mol. The fraction of sp³-hybridized carbons (Fsp3) is 1.00. The average Bonchev–Trinajstić information content (AvgIpc) is 2.92. The second-order valence-corrected chi connectivity index (χ2v) is 9.45. The molecule has 1 aliphatic heterocycles. The molecule has 0 amide bonds. The molecule has 0 aromatic heterocycles. The molecule has 2 heteroatoms. The molecule has 0 aromatic rings. The lowest BCUT2D eigenvalue weighted by molar-refractivity contribution is -0.183. The van der Waals surface area contributed by atoms with Crippen LogP contribution in [0.25, 0.3) is 0 Å². The van der Waals surface area contributed by atoms with E-state index in [-0.39, 0.29) is 22.0 Å². The number of hydrogen-bond donors (Lipinski definition) is 0. The second-order valence-electron chi connectivity index (χ2n) is 9.45. The summed E-state index contributed by atoms with van der Waals surface area (Å²) in [7, 11) is 0. The van der Waals surface area contributed by atoms with Crippen molar-refractivity contribution in [2.75, 3.05) is 0 Å². The first-order valence-electron chi connectivity index (χ1n) is 7.66. The van der Waals surface area contributed by atoms with E-state index in [1.54, 1.807) is 0 Å². The van der Waals surface area contributed by atoms with Gasteiger partial charge in [-0.25, -0.2) is 0 Å². The van der Waals surface area contributed by atoms with Crippen molar-refractivity contribution in [1.29, 1.82) is 0 Å². The predicted octanol–water partition coefficient (Wildman–Crippen LogP) is 5.18. The van der Waals surface area contributed by atoms with E-state index < -0.39 is 0 Å². The normalized spacial score (nSPS) is 37.4. The number of hydrogen-bond acceptors (Lipinski definition) is 2. The molecule has 1 aliphatic carbocycles. The summed E-state index contributed by atoms with van der Waals surface area (Å²) >= 11 is 0. The van der Waals surface area contributed by atoms with Crippen LogP contribution < -0.4 is 0 Å². The van der Waals surface area contributed by atoms with Crippen molar-refractivity contribution in [2.45, 2.75) is 80.9 Å². The van der Waals surface area contributed by atoms with Crippen LogP contribution in [0.2, 0.25) is 0 Å². The van der Waals surface area contributed by atoms with Gasteiger partial charge in [-0.2, -0.15) is 9.78 Å². The van der Waals surface area contributed by atoms with E-state index in [9.17, 15) is 0 Å². The fourth-order valence-electron chi connectivity index (χ4n) is 4.87. The van der Waals surface area contributed by atoms with Gasteiger partial charge in [0.2, 0.25) is 5.79 Å². The van der Waals surface area contributed by atoms with Crippen LogP contribution in [-0.4, -0.2) is 5.79 Å². The molecular weight excluding hydrogens is 236 g/mol. The van der Waals surface area contributed by atoms with Gasteiger partial charge in [0.05, 0.1) is 0 Å². The van der Waals surface area contributed by atoms with Gasteiger partial charge in [-0.15, -0.1) is 0 Å². The van der Waals surface area contributed by atoms with E-state index in [4.69, 9.17) is 9.78 Å². The maximum Gasteiger partial charge on any atom is 0.239 e. The molecule has 1 saturated carbocycles. The van der Waals surface area contributed by atoms with Crippen LogP contribution in [0.3, 0.4) is 0 Å². The molecule has 2 rings (SSSR count). The minimum absolute atomic E-state index is 0.00838. The number of rotatable bonds is 0. The molecule has 0 radical (unpaired) electrons. The summed E-state index contributed by atoms with van der Waals surface area (Å²) in [5.74, 6) is 0.324. The zero-order valence-electron chi connectivity index (χ0n) is 14.3. The quantitative estimate of drug-likeness (QED) is 0.447. The third-order valence-corrected chi connectivity index (χ3v) is 6.60. The lowest BCUT2D eigenvalue weighted by atomic mass is 9.40. The summed E-state index contributed by atoms with van der Waals surface area (Å²) in [6, 6.07) is 0. The third-order valence-electron chi connectivity index (χ3n) is 6.60. The van der Waals surface area contributed by atoms with E-state index in [1.807, 2.05) is 0 Å². The zero-order valence-corrected chi connectivity index (χ0v) is 14.3. The van der Waals surface area contributed by atoms with Crippen LogP contribution in [0.4, 0.5) is 0 Å². The molecule has 2 aliphatic rings. The largest absolute Gasteiger partial charge is 0.239 e. The van der Waals surface area contributed by atoms with Crippen molar-refractivity contribution in [2.24, 2.45) is 27.6 Å². The van der Waals surface area contributed by atoms with Crippen molar-refractivity contribution in [1.82, 2.24) is 0 Å². The van der Waals surface area contributed by atoms with Gasteiger partial charge >= 0.3 is 0 Å². The molecule has 1 saturated heterocycles. The van der Waals surface area contributed by atoms with Gasteiger partial charge in [0, 0.05) is 11.8 Å². The van der Waals surface area contributed by atoms with Crippen molar-refractivity contribution in [3.05, 3.63) is 0 Å². The Bertz CT molecular complexity index is 366. The van der Waals surface area contributed by atoms with E-state index >= 15 is 0 Å². The molecule has 0 aromatic carbocycles. The van der Waals surface area contributed by atoms with Crippen LogP contribution in [-0.2, 0) is 9.78 Å². The molecule has 2 unspecified atom stereocenters. The highest BCUT2D eigenvalue weighted by Gasteiger charge is 2.74. The summed E-state index contributed by atoms with van der Waals surface area (Å²) in [5.41, 5.74) is 0.675. The highest BCUT2D eigenvalue weighted by atomic mass is 17.4. The average molecular weight is 268 g/mol. The van der Waals surface area contributed by atoms with E-state index in [0.717, 1.165) is 6.42 Å². The van der Waals surface area contributed by atoms with Gasteiger partial charge in [-0.3, -0.25) is 0 Å². The predicted molar refractivity (Wildman–Crippen MR) is 78.4 cm³/mol. The lowest BCUT2D eigenvalue weighted by Crippen LogP contribution is -2.62. The van der Waals surface area contributed by atoms with Crippen LogP contribution in [0.5, 0.6) is 0 Å². The smallest absolute Gasteiger partial charge is 0.194 e. The summed E-state index contributed by atoms with van der Waals surface area (Å²) in [4.78, 5) is 11.0. The Labute approximate surface area is 119 Å². The lowest BCUT2D eigenvalue weighted by Gasteiger charge is -2.63. The minimum atomic E-state index is -0.337. The maximum atomic E-state index is 5.50. The van der Waals surface area contributed by atoms with Crippen LogP contribution in [0, 0.1) is 27.6 Å². The Balaban J connectivity index is 2.55. The van der Waals surface area contributed by atoms with E-state index in [2.05, 4.69) is 62.3 Å². The van der Waals surface area contributed by atoms with Gasteiger partial charge in [-0.05, 0) is 28.6 Å². The summed E-state index contributed by atoms with van der Waals surface area (Å²) < 4.78 is 0. The van der Waals surface area contributed by atoms with E-state index in [1.165, 1.54) is 6.42 Å². The molecule has 19 heavy (non-hydrogen) atoms.